The first-order chi connectivity index (χ1) is 13.1. The normalized spacial score (nSPS) is 10.1. The van der Waals surface area contributed by atoms with E-state index in [9.17, 15) is 21.3 Å². The first-order valence-corrected chi connectivity index (χ1v) is 8.40. The van der Waals surface area contributed by atoms with E-state index in [1.807, 2.05) is 66.3 Å². The minimum atomic E-state index is 0.00973. The van der Waals surface area contributed by atoms with Crippen LogP contribution in [-0.2, 0) is 0 Å². The molecule has 4 nitrogen and oxygen atoms in total. The molecule has 0 N–H and O–H groups in total. The Morgan fingerprint density at radius 2 is 1.26 bits per heavy atom. The highest BCUT2D eigenvalue weighted by Gasteiger charge is 2.18. The van der Waals surface area contributed by atoms with E-state index in [-0.39, 0.29) is 17.1 Å². The fourth-order valence-electron chi connectivity index (χ4n) is 3.37. The summed E-state index contributed by atoms with van der Waals surface area (Å²) < 4.78 is 0. The van der Waals surface area contributed by atoms with E-state index >= 15 is 0 Å². The molecule has 0 amide bonds. The zero-order chi connectivity index (χ0) is 19.6. The summed E-state index contributed by atoms with van der Waals surface area (Å²) >= 11 is 0. The Bertz CT molecular complexity index is 1270. The molecule has 0 aliphatic carbocycles. The summed E-state index contributed by atoms with van der Waals surface area (Å²) in [5, 5.41) is 40.8. The van der Waals surface area contributed by atoms with Gasteiger partial charge in [0, 0.05) is 11.1 Å². The molecule has 3 aromatic carbocycles. The molecule has 27 heavy (non-hydrogen) atoms. The van der Waals surface area contributed by atoms with Crippen LogP contribution in [-0.4, -0.2) is 11.7 Å². The number of allylic oxidation sites excluding steroid dienone is 2. The minimum Gasteiger partial charge on any atom is -0.762 e. The van der Waals surface area contributed by atoms with Crippen molar-refractivity contribution in [2.24, 2.45) is 0 Å². The van der Waals surface area contributed by atoms with Gasteiger partial charge in [0.05, 0.1) is 11.1 Å². The number of rotatable bonds is 3. The van der Waals surface area contributed by atoms with Gasteiger partial charge in [0.25, 0.3) is 0 Å². The van der Waals surface area contributed by atoms with Crippen molar-refractivity contribution >= 4 is 44.4 Å². The molecule has 0 fully saturated rings. The van der Waals surface area contributed by atoms with Gasteiger partial charge in [-0.15, -0.1) is 0 Å². The van der Waals surface area contributed by atoms with Crippen molar-refractivity contribution in [3.05, 3.63) is 70.0 Å². The average Bonchev–Trinajstić information content (AvgIpc) is 2.70. The van der Waals surface area contributed by atoms with Crippen molar-refractivity contribution in [2.45, 2.75) is 19.8 Å². The highest BCUT2D eigenvalue weighted by molar-refractivity contribution is 6.23. The predicted molar refractivity (Wildman–Crippen MR) is 110 cm³/mol. The summed E-state index contributed by atoms with van der Waals surface area (Å²) in [6, 6.07) is 17.0. The number of benzene rings is 3. The highest BCUT2D eigenvalue weighted by atomic mass is 14.3. The first kappa shape index (κ1) is 17.9. The van der Waals surface area contributed by atoms with Crippen LogP contribution in [0.2, 0.25) is 0 Å². The molecule has 0 bridgehead atoms. The smallest absolute Gasteiger partial charge is 0.106 e. The molecule has 3 aromatic rings. The standard InChI is InChI=1S/C23H14N4/c1-14(2)15-7-8-20-21(9-15)23(17(12-26)13-27)19-6-4-3-5-18(19)22(20)16(10-24)11-25/h3-9,14H,1-2H3/q-2. The zero-order valence-electron chi connectivity index (χ0n) is 14.9. The Balaban J connectivity index is 2.72. The summed E-state index contributed by atoms with van der Waals surface area (Å²) in [5.41, 5.74) is 2.16. The van der Waals surface area contributed by atoms with E-state index in [0.717, 1.165) is 5.56 Å². The molecule has 0 saturated carbocycles. The molecule has 0 aliphatic heterocycles. The fraction of sp³-hybridized carbons (Fsp3) is 0.130. The van der Waals surface area contributed by atoms with Crippen LogP contribution >= 0.6 is 0 Å². The van der Waals surface area contributed by atoms with Gasteiger partial charge in [-0.2, -0.15) is 10.5 Å². The molecule has 4 heteroatoms. The van der Waals surface area contributed by atoms with E-state index in [0.29, 0.717) is 32.7 Å². The monoisotopic (exact) mass is 346 g/mol. The van der Waals surface area contributed by atoms with Crippen LogP contribution in [0.15, 0.2) is 42.5 Å². The maximum atomic E-state index is 9.53. The lowest BCUT2D eigenvalue weighted by atomic mass is 9.85. The third-order valence-corrected chi connectivity index (χ3v) is 4.66. The van der Waals surface area contributed by atoms with E-state index in [4.69, 9.17) is 0 Å². The van der Waals surface area contributed by atoms with Gasteiger partial charge in [-0.3, -0.25) is 0 Å². The first-order valence-electron chi connectivity index (χ1n) is 8.40. The summed E-state index contributed by atoms with van der Waals surface area (Å²) in [6.45, 7) is 4.12. The van der Waals surface area contributed by atoms with Crippen LogP contribution in [0, 0.1) is 22.7 Å². The quantitative estimate of drug-likeness (QED) is 0.360. The minimum absolute atomic E-state index is 0.00973. The number of hydrogen-bond acceptors (Lipinski definition) is 2. The van der Waals surface area contributed by atoms with E-state index < -0.39 is 0 Å². The molecule has 0 atom stereocenters. The lowest BCUT2D eigenvalue weighted by Gasteiger charge is -2.17. The molecule has 3 rings (SSSR count). The summed E-state index contributed by atoms with van der Waals surface area (Å²) in [5.74, 6) is 4.23. The van der Waals surface area contributed by atoms with E-state index in [2.05, 4.69) is 13.8 Å². The maximum absolute atomic E-state index is 9.53. The largest absolute Gasteiger partial charge is 0.762 e. The van der Waals surface area contributed by atoms with Crippen molar-refractivity contribution in [1.29, 1.82) is 10.5 Å². The molecule has 0 aromatic heterocycles. The van der Waals surface area contributed by atoms with Crippen molar-refractivity contribution in [3.63, 3.8) is 0 Å². The Kier molecular flexibility index (Phi) is 4.71. The van der Waals surface area contributed by atoms with Crippen molar-refractivity contribution < 1.29 is 0 Å². The predicted octanol–water partition coefficient (Wildman–Crippen LogP) is 5.41. The molecule has 0 heterocycles. The molecule has 128 valence electrons. The lowest BCUT2D eigenvalue weighted by Crippen LogP contribution is -1.97. The van der Waals surface area contributed by atoms with Crippen LogP contribution in [0.5, 0.6) is 0 Å². The van der Waals surface area contributed by atoms with Gasteiger partial charge in [-0.25, -0.2) is 11.7 Å². The molecule has 0 unspecified atom stereocenters. The maximum Gasteiger partial charge on any atom is 0.106 e. The summed E-state index contributed by atoms with van der Waals surface area (Å²) in [4.78, 5) is 0. The van der Waals surface area contributed by atoms with Crippen LogP contribution in [0.4, 0.5) is 0 Å². The van der Waals surface area contributed by atoms with Crippen LogP contribution in [0.25, 0.3) is 43.5 Å². The fourth-order valence-corrected chi connectivity index (χ4v) is 3.37. The van der Waals surface area contributed by atoms with Gasteiger partial charge < -0.3 is 10.8 Å². The lowest BCUT2D eigenvalue weighted by molar-refractivity contribution is 0.869. The molecule has 0 saturated heterocycles. The van der Waals surface area contributed by atoms with Gasteiger partial charge in [-0.1, -0.05) is 56.3 Å². The topological polar surface area (TPSA) is 92.2 Å². The van der Waals surface area contributed by atoms with Crippen LogP contribution in [0.1, 0.15) is 36.5 Å². The number of hydrogen-bond donors (Lipinski definition) is 0. The molecule has 0 spiro atoms. The Hall–Kier alpha value is -3.94. The number of nitriles is 2. The molecule has 0 radical (unpaired) electrons. The highest BCUT2D eigenvalue weighted by Crippen LogP contribution is 2.39. The van der Waals surface area contributed by atoms with Crippen molar-refractivity contribution in [3.8, 4) is 12.1 Å². The van der Waals surface area contributed by atoms with Gasteiger partial charge >= 0.3 is 0 Å². The Labute approximate surface area is 157 Å². The van der Waals surface area contributed by atoms with Crippen LogP contribution in [0.3, 0.4) is 0 Å². The van der Waals surface area contributed by atoms with Crippen molar-refractivity contribution in [2.75, 3.05) is 0 Å². The molecular weight excluding hydrogens is 332 g/mol. The summed E-state index contributed by atoms with van der Waals surface area (Å²) in [7, 11) is 0. The van der Waals surface area contributed by atoms with E-state index in [1.165, 1.54) is 0 Å². The molecule has 0 aliphatic rings. The van der Waals surface area contributed by atoms with Gasteiger partial charge in [0.15, 0.2) is 0 Å². The van der Waals surface area contributed by atoms with Crippen molar-refractivity contribution in [1.82, 2.24) is 0 Å². The molecular formula is C23H14N4-2. The second kappa shape index (κ2) is 7.12. The SMILES string of the molecule is CC(C)c1ccc2c(C(=C=[N-])C#N)c3ccccc3c(C(=C=[N-])C#N)c2c1. The Morgan fingerprint density at radius 3 is 1.70 bits per heavy atom. The number of fused-ring (bicyclic) bond motifs is 2. The van der Waals surface area contributed by atoms with Gasteiger partial charge in [-0.05, 0) is 33.0 Å². The second-order valence-corrected chi connectivity index (χ2v) is 6.45. The third kappa shape index (κ3) is 2.82. The zero-order valence-corrected chi connectivity index (χ0v) is 14.9. The van der Waals surface area contributed by atoms with Crippen LogP contribution < -0.4 is 0 Å². The summed E-state index contributed by atoms with van der Waals surface area (Å²) in [6.07, 6.45) is 0. The second-order valence-electron chi connectivity index (χ2n) is 6.45. The van der Waals surface area contributed by atoms with E-state index in [1.54, 1.807) is 0 Å². The Morgan fingerprint density at radius 1 is 0.778 bits per heavy atom. The average molecular weight is 346 g/mol. The number of nitrogens with zero attached hydrogens (tertiary/aromatic N) is 4. The van der Waals surface area contributed by atoms with Gasteiger partial charge in [0.1, 0.15) is 12.1 Å². The third-order valence-electron chi connectivity index (χ3n) is 4.66. The van der Waals surface area contributed by atoms with Gasteiger partial charge in [0.2, 0.25) is 0 Å².